The minimum Gasteiger partial charge on any atom is -0.497 e. The minimum absolute atomic E-state index is 0.327. The van der Waals surface area contributed by atoms with E-state index in [0.29, 0.717) is 10.6 Å². The maximum atomic E-state index is 12.5. The average Bonchev–Trinajstić information content (AvgIpc) is 3.08. The summed E-state index contributed by atoms with van der Waals surface area (Å²) in [4.78, 5) is 25.7. The van der Waals surface area contributed by atoms with Gasteiger partial charge in [-0.2, -0.15) is 0 Å². The fourth-order valence-corrected chi connectivity index (χ4v) is 4.06. The van der Waals surface area contributed by atoms with Gasteiger partial charge in [-0.3, -0.25) is 4.79 Å². The Kier molecular flexibility index (Phi) is 6.46. The third-order valence-corrected chi connectivity index (χ3v) is 5.61. The molecule has 0 aliphatic heterocycles. The summed E-state index contributed by atoms with van der Waals surface area (Å²) in [6.45, 7) is 1.86. The molecule has 1 heterocycles. The number of amides is 1. The summed E-state index contributed by atoms with van der Waals surface area (Å²) in [5.41, 5.74) is 3.00. The second kappa shape index (κ2) is 9.21. The van der Waals surface area contributed by atoms with E-state index >= 15 is 0 Å². The molecule has 0 radical (unpaired) electrons. The van der Waals surface area contributed by atoms with Gasteiger partial charge in [0.05, 0.1) is 19.8 Å². The lowest BCUT2D eigenvalue weighted by Crippen LogP contribution is -2.11. The molecule has 29 heavy (non-hydrogen) atoms. The van der Waals surface area contributed by atoms with Crippen LogP contribution in [0.15, 0.2) is 60.7 Å². The van der Waals surface area contributed by atoms with E-state index in [9.17, 15) is 9.59 Å². The van der Waals surface area contributed by atoms with Crippen molar-refractivity contribution in [2.75, 3.05) is 19.5 Å². The normalized spacial score (nSPS) is 10.7. The molecule has 0 aliphatic rings. The van der Waals surface area contributed by atoms with E-state index in [2.05, 4.69) is 5.32 Å². The van der Waals surface area contributed by atoms with Crippen molar-refractivity contribution in [2.24, 2.45) is 0 Å². The first-order valence-electron chi connectivity index (χ1n) is 8.93. The molecular formula is C23H21NO4S. The van der Waals surface area contributed by atoms with Crippen molar-refractivity contribution in [1.82, 2.24) is 0 Å². The Morgan fingerprint density at radius 3 is 2.31 bits per heavy atom. The molecule has 3 aromatic rings. The van der Waals surface area contributed by atoms with Gasteiger partial charge in [0.2, 0.25) is 5.91 Å². The van der Waals surface area contributed by atoms with Crippen LogP contribution in [0.4, 0.5) is 5.00 Å². The van der Waals surface area contributed by atoms with Gasteiger partial charge >= 0.3 is 5.97 Å². The van der Waals surface area contributed by atoms with Crippen LogP contribution in [0, 0.1) is 6.92 Å². The third-order valence-electron chi connectivity index (χ3n) is 4.35. The standard InChI is InChI=1S/C23H21NO4S/c1-15-20(23(26)28-3)22(29-21(15)17-7-5-4-6-8-17)24-19(25)14-11-16-9-12-18(27-2)13-10-16/h4-14H,1-3H3,(H,24,25)/b14-11+. The van der Waals surface area contributed by atoms with Gasteiger partial charge in [-0.1, -0.05) is 42.5 Å². The summed E-state index contributed by atoms with van der Waals surface area (Å²) in [5, 5.41) is 3.29. The van der Waals surface area contributed by atoms with E-state index in [0.717, 1.165) is 27.3 Å². The number of nitrogens with one attached hydrogen (secondary N) is 1. The smallest absolute Gasteiger partial charge is 0.341 e. The molecule has 5 nitrogen and oxygen atoms in total. The van der Waals surface area contributed by atoms with Crippen molar-refractivity contribution in [2.45, 2.75) is 6.92 Å². The van der Waals surface area contributed by atoms with Crippen LogP contribution in [-0.4, -0.2) is 26.1 Å². The van der Waals surface area contributed by atoms with Crippen LogP contribution in [-0.2, 0) is 9.53 Å². The molecule has 2 aromatic carbocycles. The Labute approximate surface area is 173 Å². The van der Waals surface area contributed by atoms with Crippen LogP contribution in [0.25, 0.3) is 16.5 Å². The number of carbonyl (C=O) groups excluding carboxylic acids is 2. The highest BCUT2D eigenvalue weighted by Crippen LogP contribution is 2.40. The number of rotatable bonds is 6. The number of benzene rings is 2. The van der Waals surface area contributed by atoms with Gasteiger partial charge in [0, 0.05) is 11.0 Å². The summed E-state index contributed by atoms with van der Waals surface area (Å²) in [6.07, 6.45) is 3.13. The van der Waals surface area contributed by atoms with E-state index in [-0.39, 0.29) is 5.91 Å². The van der Waals surface area contributed by atoms with Crippen LogP contribution in [0.3, 0.4) is 0 Å². The van der Waals surface area contributed by atoms with E-state index in [4.69, 9.17) is 9.47 Å². The molecule has 0 fully saturated rings. The highest BCUT2D eigenvalue weighted by molar-refractivity contribution is 7.20. The van der Waals surface area contributed by atoms with E-state index in [1.54, 1.807) is 13.2 Å². The van der Waals surface area contributed by atoms with Crippen molar-refractivity contribution in [1.29, 1.82) is 0 Å². The fourth-order valence-electron chi connectivity index (χ4n) is 2.85. The number of hydrogen-bond donors (Lipinski definition) is 1. The highest BCUT2D eigenvalue weighted by atomic mass is 32.1. The SMILES string of the molecule is COC(=O)c1c(NC(=O)/C=C/c2ccc(OC)cc2)sc(-c2ccccc2)c1C. The maximum Gasteiger partial charge on any atom is 0.341 e. The zero-order valence-electron chi connectivity index (χ0n) is 16.4. The first kappa shape index (κ1) is 20.4. The van der Waals surface area contributed by atoms with Crippen molar-refractivity contribution in [3.8, 4) is 16.2 Å². The van der Waals surface area contributed by atoms with Crippen LogP contribution in [0.5, 0.6) is 5.75 Å². The monoisotopic (exact) mass is 407 g/mol. The molecule has 0 atom stereocenters. The first-order chi connectivity index (χ1) is 14.0. The van der Waals surface area contributed by atoms with Gasteiger partial charge in [-0.15, -0.1) is 11.3 Å². The summed E-state index contributed by atoms with van der Waals surface area (Å²) < 4.78 is 10.1. The van der Waals surface area contributed by atoms with Gasteiger partial charge in [0.15, 0.2) is 0 Å². The first-order valence-corrected chi connectivity index (χ1v) is 9.75. The van der Waals surface area contributed by atoms with Crippen LogP contribution in [0.1, 0.15) is 21.5 Å². The van der Waals surface area contributed by atoms with Gasteiger partial charge in [-0.05, 0) is 41.8 Å². The Hall–Kier alpha value is -3.38. The maximum absolute atomic E-state index is 12.5. The molecule has 6 heteroatoms. The lowest BCUT2D eigenvalue weighted by molar-refractivity contribution is -0.111. The highest BCUT2D eigenvalue weighted by Gasteiger charge is 2.23. The number of thiophene rings is 1. The molecule has 0 bridgehead atoms. The third kappa shape index (κ3) is 4.73. The van der Waals surface area contributed by atoms with Crippen LogP contribution >= 0.6 is 11.3 Å². The molecular weight excluding hydrogens is 386 g/mol. The zero-order valence-corrected chi connectivity index (χ0v) is 17.2. The summed E-state index contributed by atoms with van der Waals surface area (Å²) >= 11 is 1.35. The Bertz CT molecular complexity index is 1040. The number of ether oxygens (including phenoxy) is 2. The molecule has 0 unspecified atom stereocenters. The predicted molar refractivity (Wildman–Crippen MR) is 116 cm³/mol. The molecule has 3 rings (SSSR count). The molecule has 1 N–H and O–H groups in total. The number of carbonyl (C=O) groups is 2. The van der Waals surface area contributed by atoms with Crippen molar-refractivity contribution >= 4 is 34.3 Å². The van der Waals surface area contributed by atoms with Crippen LogP contribution < -0.4 is 10.1 Å². The summed E-state index contributed by atoms with van der Waals surface area (Å²) in [5.74, 6) is -0.0565. The van der Waals surface area contributed by atoms with Crippen molar-refractivity contribution < 1.29 is 19.1 Å². The molecule has 1 amide bonds. The fraction of sp³-hybridized carbons (Fsp3) is 0.130. The number of hydrogen-bond acceptors (Lipinski definition) is 5. The number of methoxy groups -OCH3 is 2. The van der Waals surface area contributed by atoms with E-state index < -0.39 is 5.97 Å². The number of anilines is 1. The zero-order chi connectivity index (χ0) is 20.8. The van der Waals surface area contributed by atoms with Crippen molar-refractivity contribution in [3.63, 3.8) is 0 Å². The number of esters is 1. The Morgan fingerprint density at radius 1 is 1.00 bits per heavy atom. The van der Waals surface area contributed by atoms with Crippen molar-refractivity contribution in [3.05, 3.63) is 77.4 Å². The second-order valence-electron chi connectivity index (χ2n) is 6.21. The van der Waals surface area contributed by atoms with Gasteiger partial charge in [0.1, 0.15) is 10.8 Å². The molecule has 0 spiro atoms. The Morgan fingerprint density at radius 2 is 1.69 bits per heavy atom. The molecule has 0 saturated carbocycles. The lowest BCUT2D eigenvalue weighted by Gasteiger charge is -2.04. The topological polar surface area (TPSA) is 64.6 Å². The average molecular weight is 407 g/mol. The molecule has 148 valence electrons. The summed E-state index contributed by atoms with van der Waals surface area (Å²) in [6, 6.07) is 17.1. The quantitative estimate of drug-likeness (QED) is 0.452. The van der Waals surface area contributed by atoms with Gasteiger partial charge in [0.25, 0.3) is 0 Å². The van der Waals surface area contributed by atoms with E-state index in [1.165, 1.54) is 24.5 Å². The molecule has 0 saturated heterocycles. The van der Waals surface area contributed by atoms with Gasteiger partial charge in [-0.25, -0.2) is 4.79 Å². The van der Waals surface area contributed by atoms with E-state index in [1.807, 2.05) is 61.5 Å². The lowest BCUT2D eigenvalue weighted by atomic mass is 10.1. The Balaban J connectivity index is 1.86. The largest absolute Gasteiger partial charge is 0.497 e. The minimum atomic E-state index is -0.477. The summed E-state index contributed by atoms with van der Waals surface area (Å²) in [7, 11) is 2.93. The molecule has 1 aromatic heterocycles. The molecule has 0 aliphatic carbocycles. The second-order valence-corrected chi connectivity index (χ2v) is 7.23. The predicted octanol–water partition coefficient (Wildman–Crippen LogP) is 5.17. The van der Waals surface area contributed by atoms with Crippen LogP contribution in [0.2, 0.25) is 0 Å². The van der Waals surface area contributed by atoms with Gasteiger partial charge < -0.3 is 14.8 Å².